The average Bonchev–Trinajstić information content (AvgIpc) is 2.83. The fourth-order valence-electron chi connectivity index (χ4n) is 3.20. The molecule has 0 spiro atoms. The molecule has 0 aromatic heterocycles. The minimum Gasteiger partial charge on any atom is -0.494 e. The van der Waals surface area contributed by atoms with Crippen LogP contribution in [0.15, 0.2) is 88.9 Å². The number of nitrogens with zero attached hydrogens (tertiary/aromatic N) is 2. The first-order valence-corrected chi connectivity index (χ1v) is 12.0. The predicted octanol–water partition coefficient (Wildman–Crippen LogP) is 4.13. The van der Waals surface area contributed by atoms with Crippen molar-refractivity contribution in [3.63, 3.8) is 0 Å². The highest BCUT2D eigenvalue weighted by molar-refractivity contribution is 7.92. The van der Waals surface area contributed by atoms with Crippen LogP contribution >= 0.6 is 0 Å². The molecule has 0 saturated carbocycles. The van der Waals surface area contributed by atoms with E-state index in [0.717, 1.165) is 21.2 Å². The Morgan fingerprint density at radius 2 is 1.61 bits per heavy atom. The number of nitrogens with one attached hydrogen (secondary N) is 1. The Morgan fingerprint density at radius 3 is 2.24 bits per heavy atom. The number of carbonyl (C=O) groups is 1. The maximum absolute atomic E-state index is 13.4. The van der Waals surface area contributed by atoms with Gasteiger partial charge in [0.1, 0.15) is 12.3 Å². The van der Waals surface area contributed by atoms with Crippen LogP contribution in [-0.4, -0.2) is 33.2 Å². The van der Waals surface area contributed by atoms with Crippen molar-refractivity contribution in [2.75, 3.05) is 17.5 Å². The summed E-state index contributed by atoms with van der Waals surface area (Å²) in [5.74, 6) is 0.195. The molecule has 1 N–H and O–H groups in total. The van der Waals surface area contributed by atoms with Crippen LogP contribution in [0.1, 0.15) is 25.0 Å². The van der Waals surface area contributed by atoms with Gasteiger partial charge in [-0.2, -0.15) is 5.10 Å². The lowest BCUT2D eigenvalue weighted by Gasteiger charge is -2.25. The average molecular weight is 466 g/mol. The second-order valence-electron chi connectivity index (χ2n) is 7.30. The molecule has 0 aliphatic rings. The number of hydrogen-bond acceptors (Lipinski definition) is 5. The molecular formula is C25H27N3O4S. The van der Waals surface area contributed by atoms with Crippen LogP contribution in [0.25, 0.3) is 0 Å². The third kappa shape index (κ3) is 5.98. The minimum absolute atomic E-state index is 0.107. The van der Waals surface area contributed by atoms with E-state index in [-0.39, 0.29) is 4.90 Å². The van der Waals surface area contributed by atoms with Crippen LogP contribution in [0.5, 0.6) is 5.75 Å². The highest BCUT2D eigenvalue weighted by atomic mass is 32.2. The van der Waals surface area contributed by atoms with Crippen molar-refractivity contribution in [3.05, 3.63) is 90.0 Å². The van der Waals surface area contributed by atoms with Gasteiger partial charge in [-0.15, -0.1) is 0 Å². The number of para-hydroxylation sites is 1. The zero-order valence-corrected chi connectivity index (χ0v) is 19.7. The van der Waals surface area contributed by atoms with Gasteiger partial charge in [-0.3, -0.25) is 9.10 Å². The summed E-state index contributed by atoms with van der Waals surface area (Å²) in [4.78, 5) is 12.9. The standard InChI is InChI=1S/C25H27N3O4S/c1-4-32-22-16-14-21(15-17-22)20(3)26-27-25(29)18-28(24-13-9-8-10-19(24)2)33(30,31)23-11-6-5-7-12-23/h5-17H,4,18H2,1-3H3,(H,27,29)/b26-20-. The van der Waals surface area contributed by atoms with Crippen LogP contribution in [0.3, 0.4) is 0 Å². The molecule has 1 amide bonds. The zero-order chi connectivity index (χ0) is 23.8. The first-order valence-electron chi connectivity index (χ1n) is 10.5. The molecule has 0 fully saturated rings. The molecule has 0 unspecified atom stereocenters. The van der Waals surface area contributed by atoms with E-state index in [1.54, 1.807) is 50.2 Å². The second-order valence-corrected chi connectivity index (χ2v) is 9.16. The van der Waals surface area contributed by atoms with E-state index in [1.807, 2.05) is 37.3 Å². The highest BCUT2D eigenvalue weighted by Crippen LogP contribution is 2.26. The Balaban J connectivity index is 1.82. The zero-order valence-electron chi connectivity index (χ0n) is 18.9. The van der Waals surface area contributed by atoms with Crippen LogP contribution in [0.4, 0.5) is 5.69 Å². The number of hydrogen-bond donors (Lipinski definition) is 1. The van der Waals surface area contributed by atoms with E-state index in [2.05, 4.69) is 10.5 Å². The summed E-state index contributed by atoms with van der Waals surface area (Å²) >= 11 is 0. The van der Waals surface area contributed by atoms with Crippen molar-refractivity contribution in [3.8, 4) is 5.75 Å². The third-order valence-corrected chi connectivity index (χ3v) is 6.71. The largest absolute Gasteiger partial charge is 0.494 e. The molecule has 33 heavy (non-hydrogen) atoms. The van der Waals surface area contributed by atoms with Crippen molar-refractivity contribution in [2.24, 2.45) is 5.10 Å². The first kappa shape index (κ1) is 24.0. The molecule has 0 aliphatic heterocycles. The quantitative estimate of drug-likeness (QED) is 0.380. The maximum atomic E-state index is 13.4. The third-order valence-electron chi connectivity index (χ3n) is 4.93. The van der Waals surface area contributed by atoms with Crippen LogP contribution in [0, 0.1) is 6.92 Å². The SMILES string of the molecule is CCOc1ccc(/C(C)=N\NC(=O)CN(c2ccccc2C)S(=O)(=O)c2ccccc2)cc1. The molecule has 0 saturated heterocycles. The second kappa shape index (κ2) is 10.8. The van der Waals surface area contributed by atoms with Crippen molar-refractivity contribution < 1.29 is 17.9 Å². The van der Waals surface area contributed by atoms with Crippen LogP contribution < -0.4 is 14.5 Å². The van der Waals surface area contributed by atoms with Gasteiger partial charge in [-0.05, 0) is 74.4 Å². The van der Waals surface area contributed by atoms with Gasteiger partial charge in [0.15, 0.2) is 0 Å². The van der Waals surface area contributed by atoms with E-state index >= 15 is 0 Å². The number of benzene rings is 3. The molecular weight excluding hydrogens is 438 g/mol. The van der Waals surface area contributed by atoms with Gasteiger partial charge < -0.3 is 4.74 Å². The van der Waals surface area contributed by atoms with Crippen LogP contribution in [0.2, 0.25) is 0 Å². The van der Waals surface area contributed by atoms with Gasteiger partial charge in [0.05, 0.1) is 22.9 Å². The summed E-state index contributed by atoms with van der Waals surface area (Å²) in [7, 11) is -3.96. The molecule has 7 nitrogen and oxygen atoms in total. The minimum atomic E-state index is -3.96. The summed E-state index contributed by atoms with van der Waals surface area (Å²) in [5, 5.41) is 4.15. The van der Waals surface area contributed by atoms with E-state index in [0.29, 0.717) is 18.0 Å². The van der Waals surface area contributed by atoms with E-state index < -0.39 is 22.5 Å². The Morgan fingerprint density at radius 1 is 0.970 bits per heavy atom. The van der Waals surface area contributed by atoms with E-state index in [9.17, 15) is 13.2 Å². The Labute approximate surface area is 194 Å². The molecule has 0 bridgehead atoms. The molecule has 3 rings (SSSR count). The smallest absolute Gasteiger partial charge is 0.264 e. The van der Waals surface area contributed by atoms with E-state index in [1.165, 1.54) is 12.1 Å². The fraction of sp³-hybridized carbons (Fsp3) is 0.200. The lowest BCUT2D eigenvalue weighted by molar-refractivity contribution is -0.119. The summed E-state index contributed by atoms with van der Waals surface area (Å²) < 4.78 is 33.3. The summed E-state index contributed by atoms with van der Waals surface area (Å²) in [6.07, 6.45) is 0. The molecule has 8 heteroatoms. The Kier molecular flexibility index (Phi) is 7.84. The molecule has 3 aromatic carbocycles. The Hall–Kier alpha value is -3.65. The molecule has 0 radical (unpaired) electrons. The number of carbonyl (C=O) groups excluding carboxylic acids is 1. The van der Waals surface area contributed by atoms with Crippen molar-refractivity contribution in [2.45, 2.75) is 25.7 Å². The molecule has 0 aliphatic carbocycles. The number of amides is 1. The van der Waals surface area contributed by atoms with Gasteiger partial charge in [0, 0.05) is 0 Å². The van der Waals surface area contributed by atoms with Gasteiger partial charge in [0.2, 0.25) is 0 Å². The lowest BCUT2D eigenvalue weighted by Crippen LogP contribution is -2.40. The number of ether oxygens (including phenoxy) is 1. The topological polar surface area (TPSA) is 88.1 Å². The Bertz CT molecular complexity index is 1220. The predicted molar refractivity (Wildman–Crippen MR) is 130 cm³/mol. The number of hydrazone groups is 1. The van der Waals surface area contributed by atoms with Crippen LogP contribution in [-0.2, 0) is 14.8 Å². The maximum Gasteiger partial charge on any atom is 0.264 e. The van der Waals surface area contributed by atoms with Crippen molar-refractivity contribution >= 4 is 27.3 Å². The molecule has 0 atom stereocenters. The van der Waals surface area contributed by atoms with Crippen molar-refractivity contribution in [1.82, 2.24) is 5.43 Å². The van der Waals surface area contributed by atoms with Gasteiger partial charge in [-0.25, -0.2) is 13.8 Å². The number of sulfonamides is 1. The summed E-state index contributed by atoms with van der Waals surface area (Å²) in [5.41, 5.74) is 5.04. The molecule has 172 valence electrons. The number of rotatable bonds is 9. The number of aryl methyl sites for hydroxylation is 1. The summed E-state index contributed by atoms with van der Waals surface area (Å²) in [6, 6.07) is 22.4. The van der Waals surface area contributed by atoms with Gasteiger partial charge in [-0.1, -0.05) is 36.4 Å². The first-order chi connectivity index (χ1) is 15.8. The van der Waals surface area contributed by atoms with Gasteiger partial charge >= 0.3 is 0 Å². The molecule has 0 heterocycles. The van der Waals surface area contributed by atoms with Crippen molar-refractivity contribution in [1.29, 1.82) is 0 Å². The fourth-order valence-corrected chi connectivity index (χ4v) is 4.70. The highest BCUT2D eigenvalue weighted by Gasteiger charge is 2.28. The van der Waals surface area contributed by atoms with Gasteiger partial charge in [0.25, 0.3) is 15.9 Å². The van der Waals surface area contributed by atoms with E-state index in [4.69, 9.17) is 4.74 Å². The number of anilines is 1. The lowest BCUT2D eigenvalue weighted by atomic mass is 10.1. The normalized spacial score (nSPS) is 11.7. The monoisotopic (exact) mass is 465 g/mol. The molecule has 3 aromatic rings. The summed E-state index contributed by atoms with van der Waals surface area (Å²) in [6.45, 7) is 5.63.